The lowest BCUT2D eigenvalue weighted by atomic mass is 10.00. The highest BCUT2D eigenvalue weighted by Gasteiger charge is 2.19. The fourth-order valence-electron chi connectivity index (χ4n) is 4.09. The second-order valence-electron chi connectivity index (χ2n) is 8.57. The average molecular weight is 505 g/mol. The molecule has 2 aromatic carbocycles. The van der Waals surface area contributed by atoms with E-state index >= 15 is 0 Å². The van der Waals surface area contributed by atoms with Crippen molar-refractivity contribution in [1.29, 1.82) is 0 Å². The van der Waals surface area contributed by atoms with Crippen LogP contribution in [0.1, 0.15) is 18.4 Å². The van der Waals surface area contributed by atoms with Crippen LogP contribution in [0.2, 0.25) is 0 Å². The number of aromatic nitrogens is 2. The molecular formula is C25H27ClF2N4O3. The number of carbonyl (C=O) groups is 1. The molecule has 10 heteroatoms. The molecule has 1 aliphatic heterocycles. The van der Waals surface area contributed by atoms with E-state index in [1.807, 2.05) is 0 Å². The third kappa shape index (κ3) is 7.34. The Kier molecular flexibility index (Phi) is 8.95. The second kappa shape index (κ2) is 11.9. The van der Waals surface area contributed by atoms with Crippen LogP contribution in [0.4, 0.5) is 19.3 Å². The first-order chi connectivity index (χ1) is 16.4. The van der Waals surface area contributed by atoms with Gasteiger partial charge in [-0.1, -0.05) is 12.1 Å². The topological polar surface area (TPSA) is 76.5 Å². The molecule has 0 bridgehead atoms. The molecule has 0 aliphatic carbocycles. The summed E-state index contributed by atoms with van der Waals surface area (Å²) in [5.41, 5.74) is 1.37. The molecule has 186 valence electrons. The van der Waals surface area contributed by atoms with Gasteiger partial charge >= 0.3 is 6.09 Å². The molecule has 1 aromatic heterocycles. The van der Waals surface area contributed by atoms with E-state index in [2.05, 4.69) is 22.4 Å². The Morgan fingerprint density at radius 1 is 1.14 bits per heavy atom. The summed E-state index contributed by atoms with van der Waals surface area (Å²) in [5.74, 6) is -1.13. The Bertz CT molecular complexity index is 1220. The van der Waals surface area contributed by atoms with Crippen molar-refractivity contribution in [1.82, 2.24) is 14.7 Å². The highest BCUT2D eigenvalue weighted by atomic mass is 35.5. The van der Waals surface area contributed by atoms with Crippen molar-refractivity contribution in [3.8, 4) is 11.3 Å². The molecule has 0 spiro atoms. The van der Waals surface area contributed by atoms with E-state index in [-0.39, 0.29) is 35.8 Å². The number of benzene rings is 2. The normalized spacial score (nSPS) is 15.8. The number of halogens is 3. The molecule has 7 nitrogen and oxygen atoms in total. The Balaban J connectivity index is 0.00000342. The van der Waals surface area contributed by atoms with Gasteiger partial charge in [0.05, 0.1) is 18.8 Å². The van der Waals surface area contributed by atoms with Crippen molar-refractivity contribution in [3.63, 3.8) is 0 Å². The minimum Gasteiger partial charge on any atom is -0.449 e. The Morgan fingerprint density at radius 2 is 1.91 bits per heavy atom. The second-order valence-corrected chi connectivity index (χ2v) is 8.57. The van der Waals surface area contributed by atoms with Gasteiger partial charge in [0.15, 0.2) is 0 Å². The molecule has 0 radical (unpaired) electrons. The highest BCUT2D eigenvalue weighted by Crippen LogP contribution is 2.19. The summed E-state index contributed by atoms with van der Waals surface area (Å²) in [5, 5.41) is 6.97. The zero-order chi connectivity index (χ0) is 24.1. The maximum absolute atomic E-state index is 13.6. The lowest BCUT2D eigenvalue weighted by Gasteiger charge is -2.29. The molecular weight excluding hydrogens is 478 g/mol. The average Bonchev–Trinajstić information content (AvgIpc) is 2.79. The maximum Gasteiger partial charge on any atom is 0.411 e. The zero-order valence-electron chi connectivity index (χ0n) is 19.2. The van der Waals surface area contributed by atoms with Crippen LogP contribution < -0.4 is 10.9 Å². The lowest BCUT2D eigenvalue weighted by Crippen LogP contribution is -2.35. The van der Waals surface area contributed by atoms with Crippen LogP contribution in [0.3, 0.4) is 0 Å². The first kappa shape index (κ1) is 26.3. The molecule has 35 heavy (non-hydrogen) atoms. The van der Waals surface area contributed by atoms with Crippen molar-refractivity contribution in [2.45, 2.75) is 19.4 Å². The number of amides is 1. The Morgan fingerprint density at radius 3 is 2.66 bits per heavy atom. The van der Waals surface area contributed by atoms with Gasteiger partial charge in [0.1, 0.15) is 11.6 Å². The fourth-order valence-corrected chi connectivity index (χ4v) is 4.09. The maximum atomic E-state index is 13.6. The molecule has 1 unspecified atom stereocenters. The highest BCUT2D eigenvalue weighted by molar-refractivity contribution is 5.85. The molecule has 1 amide bonds. The van der Waals surface area contributed by atoms with Gasteiger partial charge in [-0.05, 0) is 62.3 Å². The van der Waals surface area contributed by atoms with Gasteiger partial charge in [0.25, 0.3) is 5.56 Å². The van der Waals surface area contributed by atoms with E-state index < -0.39 is 17.7 Å². The summed E-state index contributed by atoms with van der Waals surface area (Å²) in [7, 11) is 2.06. The van der Waals surface area contributed by atoms with Crippen LogP contribution in [0.15, 0.2) is 59.4 Å². The van der Waals surface area contributed by atoms with Gasteiger partial charge in [-0.2, -0.15) is 5.10 Å². The Hall–Kier alpha value is -3.30. The summed E-state index contributed by atoms with van der Waals surface area (Å²) in [4.78, 5) is 26.8. The van der Waals surface area contributed by atoms with Gasteiger partial charge in [-0.15, -0.1) is 12.4 Å². The van der Waals surface area contributed by atoms with Gasteiger partial charge in [0, 0.05) is 35.8 Å². The van der Waals surface area contributed by atoms with Crippen molar-refractivity contribution in [2.24, 2.45) is 5.92 Å². The van der Waals surface area contributed by atoms with Crippen LogP contribution in [0.5, 0.6) is 0 Å². The number of carbonyl (C=O) groups excluding carboxylic acids is 1. The third-order valence-corrected chi connectivity index (χ3v) is 5.70. The van der Waals surface area contributed by atoms with Crippen LogP contribution in [-0.4, -0.2) is 47.5 Å². The predicted octanol–water partition coefficient (Wildman–Crippen LogP) is 4.55. The predicted molar refractivity (Wildman–Crippen MR) is 132 cm³/mol. The number of hydrogen-bond donors (Lipinski definition) is 1. The number of nitrogens with zero attached hydrogens (tertiary/aromatic N) is 3. The molecule has 2 heterocycles. The minimum absolute atomic E-state index is 0. The Labute approximate surface area is 208 Å². The van der Waals surface area contributed by atoms with Crippen molar-refractivity contribution in [3.05, 3.63) is 82.1 Å². The van der Waals surface area contributed by atoms with Gasteiger partial charge in [-0.25, -0.2) is 18.3 Å². The fraction of sp³-hybridized carbons (Fsp3) is 0.320. The van der Waals surface area contributed by atoms with Crippen molar-refractivity contribution >= 4 is 24.2 Å². The van der Waals surface area contributed by atoms with Crippen molar-refractivity contribution < 1.29 is 18.3 Å². The summed E-state index contributed by atoms with van der Waals surface area (Å²) in [6, 6.07) is 12.8. The quantitative estimate of drug-likeness (QED) is 0.533. The van der Waals surface area contributed by atoms with E-state index in [0.29, 0.717) is 23.8 Å². The van der Waals surface area contributed by atoms with E-state index in [4.69, 9.17) is 4.74 Å². The molecule has 1 N–H and O–H groups in total. The van der Waals surface area contributed by atoms with E-state index in [0.717, 1.165) is 44.1 Å². The number of likely N-dealkylation sites (tertiary alicyclic amines) is 1. The molecule has 1 saturated heterocycles. The minimum atomic E-state index is -0.726. The van der Waals surface area contributed by atoms with Crippen LogP contribution in [0.25, 0.3) is 11.3 Å². The number of anilines is 1. The van der Waals surface area contributed by atoms with Gasteiger partial charge < -0.3 is 9.64 Å². The first-order valence-corrected chi connectivity index (χ1v) is 11.1. The van der Waals surface area contributed by atoms with Crippen LogP contribution >= 0.6 is 12.4 Å². The molecule has 0 saturated carbocycles. The third-order valence-electron chi connectivity index (χ3n) is 5.70. The number of rotatable bonds is 6. The number of hydrogen-bond acceptors (Lipinski definition) is 5. The summed E-state index contributed by atoms with van der Waals surface area (Å²) in [6.45, 7) is 2.45. The number of ether oxygens (including phenoxy) is 1. The summed E-state index contributed by atoms with van der Waals surface area (Å²) in [6.07, 6.45) is 1.60. The van der Waals surface area contributed by atoms with Gasteiger partial charge in [-0.3, -0.25) is 10.1 Å². The first-order valence-electron chi connectivity index (χ1n) is 11.1. The largest absolute Gasteiger partial charge is 0.449 e. The monoisotopic (exact) mass is 504 g/mol. The molecule has 1 aliphatic rings. The SMILES string of the molecule is CN1CCCC(COC(=O)Nc2cccc(Cn3nc(-c4cc(F)cc(F)c4)ccc3=O)c2)C1.Cl. The standard InChI is InChI=1S/C25H26F2N4O3.ClH/c1-30-9-3-5-18(14-30)16-34-25(33)28-22-6-2-4-17(10-22)15-31-24(32)8-7-23(29-31)19-11-20(26)13-21(27)12-19;/h2,4,6-8,10-13,18H,3,5,9,14-16H2,1H3,(H,28,33);1H. The molecule has 4 rings (SSSR count). The zero-order valence-corrected chi connectivity index (χ0v) is 20.1. The smallest absolute Gasteiger partial charge is 0.411 e. The summed E-state index contributed by atoms with van der Waals surface area (Å²) < 4.78 is 33.8. The lowest BCUT2D eigenvalue weighted by molar-refractivity contribution is 0.107. The molecule has 3 aromatic rings. The number of piperidine rings is 1. The molecule has 1 atom stereocenters. The van der Waals surface area contributed by atoms with Crippen molar-refractivity contribution in [2.75, 3.05) is 32.1 Å². The van der Waals surface area contributed by atoms with Crippen LogP contribution in [-0.2, 0) is 11.3 Å². The summed E-state index contributed by atoms with van der Waals surface area (Å²) >= 11 is 0. The van der Waals surface area contributed by atoms with E-state index in [1.165, 1.54) is 16.8 Å². The van der Waals surface area contributed by atoms with Crippen LogP contribution in [0, 0.1) is 17.6 Å². The van der Waals surface area contributed by atoms with E-state index in [1.54, 1.807) is 24.3 Å². The van der Waals surface area contributed by atoms with E-state index in [9.17, 15) is 18.4 Å². The number of nitrogens with one attached hydrogen (secondary N) is 1. The molecule has 1 fully saturated rings. The van der Waals surface area contributed by atoms with Gasteiger partial charge in [0.2, 0.25) is 0 Å².